The van der Waals surface area contributed by atoms with Gasteiger partial charge in [0.05, 0.1) is 0 Å². The highest BCUT2D eigenvalue weighted by molar-refractivity contribution is 4.96. The van der Waals surface area contributed by atoms with Gasteiger partial charge in [-0.15, -0.1) is 0 Å². The average molecular weight is 262 g/mol. The van der Waals surface area contributed by atoms with Gasteiger partial charge in [0.25, 0.3) is 0 Å². The summed E-state index contributed by atoms with van der Waals surface area (Å²) in [6.07, 6.45) is 13.5. The molecule has 0 aromatic rings. The second-order valence-electron chi connectivity index (χ2n) is 7.59. The molecule has 1 N–H and O–H groups in total. The van der Waals surface area contributed by atoms with Crippen molar-refractivity contribution in [2.75, 3.05) is 19.6 Å². The standard InChI is InChI=1S/C17H30N2/c1-3-13-4-2-11-19(16(13)5-1)12-10-18-17(14-6-7-14)15-8-9-15/h13-18H,1-12H2. The van der Waals surface area contributed by atoms with Crippen LogP contribution in [0.1, 0.15) is 57.8 Å². The summed E-state index contributed by atoms with van der Waals surface area (Å²) in [4.78, 5) is 2.82. The van der Waals surface area contributed by atoms with Crippen LogP contribution >= 0.6 is 0 Å². The zero-order valence-corrected chi connectivity index (χ0v) is 12.3. The maximum Gasteiger partial charge on any atom is 0.0124 e. The first-order valence-corrected chi connectivity index (χ1v) is 8.89. The summed E-state index contributed by atoms with van der Waals surface area (Å²) in [5, 5.41) is 3.93. The van der Waals surface area contributed by atoms with Crippen LogP contribution in [0.2, 0.25) is 0 Å². The van der Waals surface area contributed by atoms with Crippen molar-refractivity contribution in [1.82, 2.24) is 10.2 Å². The van der Waals surface area contributed by atoms with E-state index >= 15 is 0 Å². The molecule has 2 heteroatoms. The molecule has 0 amide bonds. The second kappa shape index (κ2) is 5.37. The minimum Gasteiger partial charge on any atom is -0.312 e. The Bertz CT molecular complexity index is 296. The van der Waals surface area contributed by atoms with Crippen LogP contribution < -0.4 is 5.32 Å². The van der Waals surface area contributed by atoms with Gasteiger partial charge in [-0.3, -0.25) is 4.90 Å². The third-order valence-corrected chi connectivity index (χ3v) is 6.15. The van der Waals surface area contributed by atoms with Gasteiger partial charge >= 0.3 is 0 Å². The Balaban J connectivity index is 1.25. The molecule has 0 bridgehead atoms. The van der Waals surface area contributed by atoms with E-state index in [-0.39, 0.29) is 0 Å². The van der Waals surface area contributed by atoms with Crippen LogP contribution in [0.5, 0.6) is 0 Å². The Kier molecular flexibility index (Phi) is 3.57. The van der Waals surface area contributed by atoms with Crippen molar-refractivity contribution in [2.24, 2.45) is 17.8 Å². The van der Waals surface area contributed by atoms with Crippen molar-refractivity contribution in [2.45, 2.75) is 69.9 Å². The van der Waals surface area contributed by atoms with Gasteiger partial charge in [0.15, 0.2) is 0 Å². The maximum atomic E-state index is 3.93. The molecule has 4 rings (SSSR count). The molecular formula is C17H30N2. The van der Waals surface area contributed by atoms with Gasteiger partial charge in [0, 0.05) is 25.2 Å². The van der Waals surface area contributed by atoms with Crippen LogP contribution in [0.25, 0.3) is 0 Å². The number of nitrogens with zero attached hydrogens (tertiary/aromatic N) is 1. The lowest BCUT2D eigenvalue weighted by molar-refractivity contribution is 0.112. The fourth-order valence-corrected chi connectivity index (χ4v) is 4.84. The Hall–Kier alpha value is -0.0800. The van der Waals surface area contributed by atoms with Crippen LogP contribution in [0, 0.1) is 17.8 Å². The molecule has 2 unspecified atom stereocenters. The highest BCUT2D eigenvalue weighted by Gasteiger charge is 2.41. The predicted octanol–water partition coefficient (Wildman–Crippen LogP) is 3.03. The molecule has 0 spiro atoms. The van der Waals surface area contributed by atoms with E-state index in [0.29, 0.717) is 0 Å². The molecule has 2 atom stereocenters. The number of hydrogen-bond donors (Lipinski definition) is 1. The summed E-state index contributed by atoms with van der Waals surface area (Å²) in [6.45, 7) is 3.94. The maximum absolute atomic E-state index is 3.93. The number of nitrogens with one attached hydrogen (secondary N) is 1. The fraction of sp³-hybridized carbons (Fsp3) is 1.00. The number of fused-ring (bicyclic) bond motifs is 1. The largest absolute Gasteiger partial charge is 0.312 e. The van der Waals surface area contributed by atoms with Crippen LogP contribution in [0.15, 0.2) is 0 Å². The highest BCUT2D eigenvalue weighted by Crippen LogP contribution is 2.44. The first-order valence-electron chi connectivity index (χ1n) is 8.89. The van der Waals surface area contributed by atoms with Crippen molar-refractivity contribution in [1.29, 1.82) is 0 Å². The molecule has 0 aromatic carbocycles. The fourth-order valence-electron chi connectivity index (χ4n) is 4.84. The van der Waals surface area contributed by atoms with Gasteiger partial charge in [-0.1, -0.05) is 6.42 Å². The van der Waals surface area contributed by atoms with E-state index in [9.17, 15) is 0 Å². The topological polar surface area (TPSA) is 15.3 Å². The Morgan fingerprint density at radius 1 is 0.895 bits per heavy atom. The molecule has 0 aromatic heterocycles. The molecule has 108 valence electrons. The zero-order valence-electron chi connectivity index (χ0n) is 12.3. The minimum absolute atomic E-state index is 0.893. The average Bonchev–Trinajstić information content (AvgIpc) is 3.34. The van der Waals surface area contributed by atoms with Gasteiger partial charge in [0.1, 0.15) is 0 Å². The van der Waals surface area contributed by atoms with Gasteiger partial charge in [0.2, 0.25) is 0 Å². The molecule has 0 radical (unpaired) electrons. The molecule has 4 fully saturated rings. The molecule has 1 saturated heterocycles. The predicted molar refractivity (Wildman–Crippen MR) is 79.2 cm³/mol. The zero-order chi connectivity index (χ0) is 12.7. The van der Waals surface area contributed by atoms with Crippen LogP contribution in [-0.2, 0) is 0 Å². The third kappa shape index (κ3) is 2.85. The second-order valence-corrected chi connectivity index (χ2v) is 7.59. The Morgan fingerprint density at radius 3 is 2.37 bits per heavy atom. The summed E-state index contributed by atoms with van der Waals surface area (Å²) < 4.78 is 0. The highest BCUT2D eigenvalue weighted by atomic mass is 15.2. The van der Waals surface area contributed by atoms with Gasteiger partial charge in [-0.05, 0) is 75.7 Å². The molecule has 3 aliphatic carbocycles. The molecule has 1 aliphatic heterocycles. The smallest absolute Gasteiger partial charge is 0.0124 e. The number of piperidine rings is 1. The van der Waals surface area contributed by atoms with E-state index in [4.69, 9.17) is 0 Å². The number of hydrogen-bond acceptors (Lipinski definition) is 2. The van der Waals surface area contributed by atoms with Crippen molar-refractivity contribution >= 4 is 0 Å². The van der Waals surface area contributed by atoms with Gasteiger partial charge < -0.3 is 5.32 Å². The first kappa shape index (κ1) is 12.6. The number of rotatable bonds is 6. The van der Waals surface area contributed by atoms with E-state index < -0.39 is 0 Å². The lowest BCUT2D eigenvalue weighted by atomic mass is 9.92. The SMILES string of the molecule is C1CC2CCCN(CCNC(C3CC3)C3CC3)C2C1. The molecule has 2 nitrogen and oxygen atoms in total. The summed E-state index contributed by atoms with van der Waals surface area (Å²) >= 11 is 0. The van der Waals surface area contributed by atoms with E-state index in [0.717, 1.165) is 29.8 Å². The Morgan fingerprint density at radius 2 is 1.63 bits per heavy atom. The van der Waals surface area contributed by atoms with Crippen LogP contribution in [0.4, 0.5) is 0 Å². The molecule has 1 heterocycles. The van der Waals surface area contributed by atoms with Crippen molar-refractivity contribution in [3.05, 3.63) is 0 Å². The van der Waals surface area contributed by atoms with E-state index in [1.54, 1.807) is 0 Å². The van der Waals surface area contributed by atoms with E-state index in [2.05, 4.69) is 10.2 Å². The lowest BCUT2D eigenvalue weighted by Gasteiger charge is -2.38. The van der Waals surface area contributed by atoms with Gasteiger partial charge in [-0.2, -0.15) is 0 Å². The Labute approximate surface area is 118 Å². The first-order chi connectivity index (χ1) is 9.42. The summed E-state index contributed by atoms with van der Waals surface area (Å²) in [5.74, 6) is 3.15. The van der Waals surface area contributed by atoms with Crippen LogP contribution in [-0.4, -0.2) is 36.6 Å². The summed E-state index contributed by atoms with van der Waals surface area (Å²) in [5.41, 5.74) is 0. The normalized spacial score (nSPS) is 35.8. The number of likely N-dealkylation sites (tertiary alicyclic amines) is 1. The molecular weight excluding hydrogens is 232 g/mol. The van der Waals surface area contributed by atoms with Crippen molar-refractivity contribution in [3.63, 3.8) is 0 Å². The van der Waals surface area contributed by atoms with Crippen molar-refractivity contribution in [3.8, 4) is 0 Å². The lowest BCUT2D eigenvalue weighted by Crippen LogP contribution is -2.47. The van der Waals surface area contributed by atoms with Gasteiger partial charge in [-0.25, -0.2) is 0 Å². The minimum atomic E-state index is 0.893. The van der Waals surface area contributed by atoms with Crippen LogP contribution in [0.3, 0.4) is 0 Å². The van der Waals surface area contributed by atoms with E-state index in [1.165, 1.54) is 77.4 Å². The van der Waals surface area contributed by atoms with Crippen molar-refractivity contribution < 1.29 is 0 Å². The third-order valence-electron chi connectivity index (χ3n) is 6.15. The molecule has 19 heavy (non-hydrogen) atoms. The van der Waals surface area contributed by atoms with E-state index in [1.807, 2.05) is 0 Å². The quantitative estimate of drug-likeness (QED) is 0.791. The molecule has 3 saturated carbocycles. The summed E-state index contributed by atoms with van der Waals surface area (Å²) in [7, 11) is 0. The summed E-state index contributed by atoms with van der Waals surface area (Å²) in [6, 6.07) is 1.85. The monoisotopic (exact) mass is 262 g/mol. The molecule has 4 aliphatic rings.